The van der Waals surface area contributed by atoms with Crippen LogP contribution in [0.5, 0.6) is 5.75 Å². The highest BCUT2D eigenvalue weighted by Crippen LogP contribution is 2.22. The molecule has 2 aromatic rings. The molecule has 0 spiro atoms. The molecule has 1 saturated heterocycles. The Labute approximate surface area is 177 Å². The van der Waals surface area contributed by atoms with E-state index in [1.54, 1.807) is 12.1 Å². The maximum absolute atomic E-state index is 14.0. The number of rotatable bonds is 7. The second-order valence-electron chi connectivity index (χ2n) is 7.81. The molecule has 1 fully saturated rings. The minimum atomic E-state index is -0.276. The van der Waals surface area contributed by atoms with E-state index in [1.165, 1.54) is 6.07 Å². The highest BCUT2D eigenvalue weighted by atomic mass is 35.5. The van der Waals surface area contributed by atoms with Crippen molar-refractivity contribution in [2.75, 3.05) is 13.1 Å². The number of ether oxygens (including phenoxy) is 1. The second kappa shape index (κ2) is 10.1. The van der Waals surface area contributed by atoms with Crippen LogP contribution in [-0.2, 0) is 17.9 Å². The quantitative estimate of drug-likeness (QED) is 0.702. The number of nitrogens with one attached hydrogen (secondary N) is 1. The third kappa shape index (κ3) is 6.44. The van der Waals surface area contributed by atoms with Gasteiger partial charge in [-0.1, -0.05) is 29.8 Å². The summed E-state index contributed by atoms with van der Waals surface area (Å²) in [5.74, 6) is 0.649. The van der Waals surface area contributed by atoms with E-state index in [0.29, 0.717) is 23.7 Å². The predicted molar refractivity (Wildman–Crippen MR) is 113 cm³/mol. The summed E-state index contributed by atoms with van der Waals surface area (Å²) in [6, 6.07) is 12.6. The molecule has 0 aromatic heterocycles. The van der Waals surface area contributed by atoms with Gasteiger partial charge in [0.2, 0.25) is 5.91 Å². The number of hydrogen-bond donors (Lipinski definition) is 1. The van der Waals surface area contributed by atoms with Gasteiger partial charge in [0.05, 0.1) is 6.10 Å². The van der Waals surface area contributed by atoms with Crippen LogP contribution in [0.1, 0.15) is 37.8 Å². The Kier molecular flexibility index (Phi) is 7.51. The lowest BCUT2D eigenvalue weighted by Gasteiger charge is -2.31. The van der Waals surface area contributed by atoms with Crippen molar-refractivity contribution in [2.24, 2.45) is 5.92 Å². The third-order valence-electron chi connectivity index (χ3n) is 5.13. The van der Waals surface area contributed by atoms with E-state index in [2.05, 4.69) is 10.2 Å². The average Bonchev–Trinajstić information content (AvgIpc) is 2.69. The van der Waals surface area contributed by atoms with Crippen molar-refractivity contribution in [1.82, 2.24) is 10.2 Å². The summed E-state index contributed by atoms with van der Waals surface area (Å²) in [7, 11) is 0. The van der Waals surface area contributed by atoms with Gasteiger partial charge in [0.25, 0.3) is 0 Å². The molecule has 0 bridgehead atoms. The van der Waals surface area contributed by atoms with Crippen LogP contribution in [0.4, 0.5) is 4.39 Å². The van der Waals surface area contributed by atoms with Gasteiger partial charge in [0.1, 0.15) is 11.6 Å². The van der Waals surface area contributed by atoms with Crippen LogP contribution in [0.25, 0.3) is 0 Å². The zero-order valence-corrected chi connectivity index (χ0v) is 17.7. The van der Waals surface area contributed by atoms with E-state index >= 15 is 0 Å². The van der Waals surface area contributed by atoms with Crippen LogP contribution < -0.4 is 10.1 Å². The number of benzene rings is 2. The third-order valence-corrected chi connectivity index (χ3v) is 5.36. The van der Waals surface area contributed by atoms with Gasteiger partial charge in [-0.15, -0.1) is 0 Å². The highest BCUT2D eigenvalue weighted by molar-refractivity contribution is 6.30. The lowest BCUT2D eigenvalue weighted by atomic mass is 9.95. The molecular weight excluding hydrogens is 391 g/mol. The van der Waals surface area contributed by atoms with Crippen LogP contribution in [0, 0.1) is 11.7 Å². The predicted octanol–water partition coefficient (Wildman–Crippen LogP) is 4.79. The first-order chi connectivity index (χ1) is 13.9. The monoisotopic (exact) mass is 418 g/mol. The molecule has 1 amide bonds. The lowest BCUT2D eigenvalue weighted by molar-refractivity contribution is -0.126. The van der Waals surface area contributed by atoms with Gasteiger partial charge in [0.15, 0.2) is 0 Å². The minimum absolute atomic E-state index is 0.00450. The van der Waals surface area contributed by atoms with Gasteiger partial charge < -0.3 is 10.1 Å². The van der Waals surface area contributed by atoms with E-state index < -0.39 is 0 Å². The Morgan fingerprint density at radius 1 is 1.21 bits per heavy atom. The van der Waals surface area contributed by atoms with Crippen molar-refractivity contribution in [3.8, 4) is 5.75 Å². The summed E-state index contributed by atoms with van der Waals surface area (Å²) in [5.41, 5.74) is 1.69. The number of nitrogens with zero attached hydrogens (tertiary/aromatic N) is 1. The zero-order valence-electron chi connectivity index (χ0n) is 17.0. The summed E-state index contributed by atoms with van der Waals surface area (Å²) in [6.07, 6.45) is 1.70. The number of likely N-dealkylation sites (tertiary alicyclic amines) is 1. The van der Waals surface area contributed by atoms with Crippen LogP contribution in [0.3, 0.4) is 0 Å². The first kappa shape index (κ1) is 21.6. The van der Waals surface area contributed by atoms with Crippen molar-refractivity contribution in [2.45, 2.75) is 45.9 Å². The van der Waals surface area contributed by atoms with Gasteiger partial charge >= 0.3 is 0 Å². The summed E-state index contributed by atoms with van der Waals surface area (Å²) in [5, 5.41) is 3.44. The van der Waals surface area contributed by atoms with Crippen molar-refractivity contribution in [3.63, 3.8) is 0 Å². The number of carbonyl (C=O) groups is 1. The number of amides is 1. The Bertz CT molecular complexity index is 818. The van der Waals surface area contributed by atoms with Gasteiger partial charge in [-0.3, -0.25) is 9.69 Å². The molecule has 0 radical (unpaired) electrons. The van der Waals surface area contributed by atoms with Gasteiger partial charge in [-0.2, -0.15) is 0 Å². The molecule has 29 heavy (non-hydrogen) atoms. The minimum Gasteiger partial charge on any atom is -0.491 e. The Balaban J connectivity index is 1.42. The lowest BCUT2D eigenvalue weighted by Crippen LogP contribution is -2.40. The Morgan fingerprint density at radius 2 is 1.90 bits per heavy atom. The fraction of sp³-hybridized carbons (Fsp3) is 0.435. The number of hydrogen-bond acceptors (Lipinski definition) is 3. The van der Waals surface area contributed by atoms with Gasteiger partial charge in [-0.25, -0.2) is 4.39 Å². The van der Waals surface area contributed by atoms with Gasteiger partial charge in [-0.05, 0) is 69.6 Å². The van der Waals surface area contributed by atoms with E-state index in [1.807, 2.05) is 38.1 Å². The van der Waals surface area contributed by atoms with E-state index in [4.69, 9.17) is 16.3 Å². The van der Waals surface area contributed by atoms with Crippen LogP contribution >= 0.6 is 11.6 Å². The fourth-order valence-corrected chi connectivity index (χ4v) is 3.69. The zero-order chi connectivity index (χ0) is 20.8. The molecule has 0 aliphatic carbocycles. The maximum atomic E-state index is 14.0. The molecule has 2 aromatic carbocycles. The smallest absolute Gasteiger partial charge is 0.223 e. The second-order valence-corrected chi connectivity index (χ2v) is 8.25. The number of halogens is 2. The number of carbonyl (C=O) groups excluding carboxylic acids is 1. The fourth-order valence-electron chi connectivity index (χ4n) is 3.54. The molecule has 1 N–H and O–H groups in total. The Hall–Kier alpha value is -2.11. The van der Waals surface area contributed by atoms with Crippen molar-refractivity contribution in [3.05, 3.63) is 64.4 Å². The molecular formula is C23H28ClFN2O2. The van der Waals surface area contributed by atoms with E-state index in [0.717, 1.165) is 37.2 Å². The highest BCUT2D eigenvalue weighted by Gasteiger charge is 2.25. The van der Waals surface area contributed by atoms with Crippen molar-refractivity contribution >= 4 is 17.5 Å². The molecule has 0 saturated carbocycles. The van der Waals surface area contributed by atoms with Gasteiger partial charge in [0, 0.05) is 29.6 Å². The first-order valence-electron chi connectivity index (χ1n) is 10.1. The molecule has 3 rings (SSSR count). The summed E-state index contributed by atoms with van der Waals surface area (Å²) < 4.78 is 19.6. The largest absolute Gasteiger partial charge is 0.491 e. The van der Waals surface area contributed by atoms with Crippen LogP contribution in [-0.4, -0.2) is 30.0 Å². The SMILES string of the molecule is CC(C)Oc1ccc(CNC(=O)C2CCN(Cc3ccc(Cl)cc3F)CC2)cc1. The standard InChI is InChI=1S/C23H28ClFN2O2/c1-16(2)29-21-7-3-17(4-8-21)14-26-23(28)18-9-11-27(12-10-18)15-19-5-6-20(24)13-22(19)25/h3-8,13,16,18H,9-12,14-15H2,1-2H3,(H,26,28). The molecule has 0 atom stereocenters. The van der Waals surface area contributed by atoms with E-state index in [-0.39, 0.29) is 23.7 Å². The Morgan fingerprint density at radius 3 is 2.52 bits per heavy atom. The van der Waals surface area contributed by atoms with Crippen LogP contribution in [0.15, 0.2) is 42.5 Å². The number of piperidine rings is 1. The summed E-state index contributed by atoms with van der Waals surface area (Å²) in [4.78, 5) is 14.7. The molecule has 1 aliphatic rings. The molecule has 1 aliphatic heterocycles. The maximum Gasteiger partial charge on any atom is 0.223 e. The summed E-state index contributed by atoms with van der Waals surface area (Å²) in [6.45, 7) is 6.60. The first-order valence-corrected chi connectivity index (χ1v) is 10.5. The molecule has 1 heterocycles. The van der Waals surface area contributed by atoms with Crippen LogP contribution in [0.2, 0.25) is 5.02 Å². The molecule has 0 unspecified atom stereocenters. The average molecular weight is 419 g/mol. The van der Waals surface area contributed by atoms with E-state index in [9.17, 15) is 9.18 Å². The summed E-state index contributed by atoms with van der Waals surface area (Å²) >= 11 is 5.81. The normalized spacial score (nSPS) is 15.5. The molecule has 6 heteroatoms. The molecule has 4 nitrogen and oxygen atoms in total. The topological polar surface area (TPSA) is 41.6 Å². The molecule has 156 valence electrons. The van der Waals surface area contributed by atoms with Crippen molar-refractivity contribution < 1.29 is 13.9 Å². The van der Waals surface area contributed by atoms with Crippen molar-refractivity contribution in [1.29, 1.82) is 0 Å².